The van der Waals surface area contributed by atoms with E-state index in [1.54, 1.807) is 7.11 Å². The first-order valence-corrected chi connectivity index (χ1v) is 7.86. The maximum Gasteiger partial charge on any atom is 0.233 e. The zero-order valence-corrected chi connectivity index (χ0v) is 14.6. The number of ether oxygens (including phenoxy) is 1. The molecule has 5 nitrogen and oxygen atoms in total. The molecule has 3 N–H and O–H groups in total. The lowest BCUT2D eigenvalue weighted by atomic mass is 9.81. The normalized spacial score (nSPS) is 11.1. The first kappa shape index (κ1) is 18.7. The van der Waals surface area contributed by atoms with Gasteiger partial charge in [-0.3, -0.25) is 4.79 Å². The lowest BCUT2D eigenvalue weighted by Crippen LogP contribution is -2.41. The Balaban J connectivity index is 0.00000242. The van der Waals surface area contributed by atoms with Crippen molar-refractivity contribution >= 4 is 45.0 Å². The van der Waals surface area contributed by atoms with E-state index in [-0.39, 0.29) is 18.3 Å². The van der Waals surface area contributed by atoms with Crippen LogP contribution in [0.1, 0.15) is 26.7 Å². The summed E-state index contributed by atoms with van der Waals surface area (Å²) >= 11 is 1.44. The van der Waals surface area contributed by atoms with Gasteiger partial charge in [0.1, 0.15) is 5.75 Å². The van der Waals surface area contributed by atoms with Crippen molar-refractivity contribution in [2.24, 2.45) is 11.1 Å². The van der Waals surface area contributed by atoms with Crippen LogP contribution in [0.15, 0.2) is 18.2 Å². The summed E-state index contributed by atoms with van der Waals surface area (Å²) in [5.74, 6) is 0.725. The summed E-state index contributed by atoms with van der Waals surface area (Å²) in [6, 6.07) is 5.66. The van der Waals surface area contributed by atoms with Gasteiger partial charge in [0, 0.05) is 6.54 Å². The second-order valence-corrected chi connectivity index (χ2v) is 6.03. The molecule has 2 rings (SSSR count). The van der Waals surface area contributed by atoms with Gasteiger partial charge in [0.05, 0.1) is 22.7 Å². The summed E-state index contributed by atoms with van der Waals surface area (Å²) in [5, 5.41) is 3.51. The summed E-state index contributed by atoms with van der Waals surface area (Å²) < 4.78 is 6.18. The van der Waals surface area contributed by atoms with Gasteiger partial charge < -0.3 is 15.8 Å². The zero-order chi connectivity index (χ0) is 15.5. The second-order valence-electron chi connectivity index (χ2n) is 5.00. The highest BCUT2D eigenvalue weighted by atomic mass is 35.5. The summed E-state index contributed by atoms with van der Waals surface area (Å²) in [7, 11) is 1.63. The molecule has 0 saturated carbocycles. The number of rotatable bonds is 6. The third-order valence-corrected chi connectivity index (χ3v) is 4.98. The van der Waals surface area contributed by atoms with Crippen LogP contribution in [0.3, 0.4) is 0 Å². The lowest BCUT2D eigenvalue weighted by molar-refractivity contribution is -0.125. The average molecular weight is 344 g/mol. The largest absolute Gasteiger partial charge is 0.497 e. The highest BCUT2D eigenvalue weighted by molar-refractivity contribution is 7.22. The van der Waals surface area contributed by atoms with Crippen molar-refractivity contribution in [3.63, 3.8) is 0 Å². The van der Waals surface area contributed by atoms with E-state index < -0.39 is 5.41 Å². The Morgan fingerprint density at radius 1 is 1.41 bits per heavy atom. The number of carbonyl (C=O) groups is 1. The molecule has 1 aromatic carbocycles. The molecular formula is C15H22ClN3O2S. The van der Waals surface area contributed by atoms with Crippen LogP contribution >= 0.6 is 23.7 Å². The molecule has 0 aliphatic carbocycles. The van der Waals surface area contributed by atoms with Gasteiger partial charge in [0.25, 0.3) is 0 Å². The van der Waals surface area contributed by atoms with Crippen molar-refractivity contribution in [1.29, 1.82) is 0 Å². The molecule has 0 radical (unpaired) electrons. The number of hydrogen-bond acceptors (Lipinski definition) is 5. The van der Waals surface area contributed by atoms with Gasteiger partial charge in [-0.1, -0.05) is 25.2 Å². The molecule has 1 aromatic heterocycles. The average Bonchev–Trinajstić information content (AvgIpc) is 2.90. The first-order chi connectivity index (χ1) is 10.1. The summed E-state index contributed by atoms with van der Waals surface area (Å²) in [5.41, 5.74) is 6.13. The fourth-order valence-electron chi connectivity index (χ4n) is 2.27. The lowest BCUT2D eigenvalue weighted by Gasteiger charge is -2.27. The van der Waals surface area contributed by atoms with Gasteiger partial charge in [-0.2, -0.15) is 0 Å². The molecule has 122 valence electrons. The third kappa shape index (κ3) is 3.51. The number of methoxy groups -OCH3 is 1. The number of fused-ring (bicyclic) bond motifs is 1. The molecule has 0 aliphatic heterocycles. The molecule has 0 unspecified atom stereocenters. The molecule has 0 saturated heterocycles. The quantitative estimate of drug-likeness (QED) is 0.842. The fraction of sp³-hybridized carbons (Fsp3) is 0.467. The van der Waals surface area contributed by atoms with E-state index in [0.29, 0.717) is 24.5 Å². The Morgan fingerprint density at radius 3 is 2.64 bits per heavy atom. The SMILES string of the molecule is CCC(CC)(CN)C(=O)Nc1nc2ccc(OC)cc2s1.Cl. The van der Waals surface area contributed by atoms with Crippen LogP contribution in [-0.2, 0) is 4.79 Å². The predicted molar refractivity (Wildman–Crippen MR) is 94.1 cm³/mol. The number of thiazole rings is 1. The molecular weight excluding hydrogens is 322 g/mol. The van der Waals surface area contributed by atoms with Gasteiger partial charge in [-0.25, -0.2) is 4.98 Å². The van der Waals surface area contributed by atoms with E-state index in [1.807, 2.05) is 32.0 Å². The third-order valence-electron chi connectivity index (χ3n) is 4.04. The van der Waals surface area contributed by atoms with Crippen LogP contribution in [0.4, 0.5) is 5.13 Å². The van der Waals surface area contributed by atoms with E-state index in [0.717, 1.165) is 16.0 Å². The van der Waals surface area contributed by atoms with Crippen molar-refractivity contribution in [1.82, 2.24) is 4.98 Å². The highest BCUT2D eigenvalue weighted by Crippen LogP contribution is 2.32. The minimum Gasteiger partial charge on any atom is -0.497 e. The van der Waals surface area contributed by atoms with Crippen molar-refractivity contribution in [3.05, 3.63) is 18.2 Å². The van der Waals surface area contributed by atoms with Crippen molar-refractivity contribution in [2.75, 3.05) is 19.0 Å². The van der Waals surface area contributed by atoms with Crippen LogP contribution < -0.4 is 15.8 Å². The number of benzene rings is 1. The van der Waals surface area contributed by atoms with Gasteiger partial charge in [-0.15, -0.1) is 12.4 Å². The molecule has 0 spiro atoms. The van der Waals surface area contributed by atoms with Crippen LogP contribution in [-0.4, -0.2) is 24.5 Å². The number of amides is 1. The number of carbonyl (C=O) groups excluding carboxylic acids is 1. The van der Waals surface area contributed by atoms with E-state index in [9.17, 15) is 4.79 Å². The number of anilines is 1. The highest BCUT2D eigenvalue weighted by Gasteiger charge is 2.33. The predicted octanol–water partition coefficient (Wildman–Crippen LogP) is 3.43. The summed E-state index contributed by atoms with van der Waals surface area (Å²) in [6.45, 7) is 4.31. The standard InChI is InChI=1S/C15H21N3O2S.ClH/c1-4-15(5-2,9-16)13(19)18-14-17-11-7-6-10(20-3)8-12(11)21-14;/h6-8H,4-5,9,16H2,1-3H3,(H,17,18,19);1H. The smallest absolute Gasteiger partial charge is 0.233 e. The number of aromatic nitrogens is 1. The number of nitrogens with zero attached hydrogens (tertiary/aromatic N) is 1. The molecule has 2 aromatic rings. The Kier molecular flexibility index (Phi) is 6.59. The zero-order valence-electron chi connectivity index (χ0n) is 13.0. The van der Waals surface area contributed by atoms with Gasteiger partial charge in [0.15, 0.2) is 5.13 Å². The van der Waals surface area contributed by atoms with E-state index in [2.05, 4.69) is 10.3 Å². The summed E-state index contributed by atoms with van der Waals surface area (Å²) in [4.78, 5) is 16.9. The fourth-order valence-corrected chi connectivity index (χ4v) is 3.16. The van der Waals surface area contributed by atoms with Crippen LogP contribution in [0.2, 0.25) is 0 Å². The van der Waals surface area contributed by atoms with Crippen molar-refractivity contribution < 1.29 is 9.53 Å². The first-order valence-electron chi connectivity index (χ1n) is 7.04. The number of hydrogen-bond donors (Lipinski definition) is 2. The Labute approximate surface area is 140 Å². The van der Waals surface area contributed by atoms with Crippen molar-refractivity contribution in [3.8, 4) is 5.75 Å². The topological polar surface area (TPSA) is 77.2 Å². The molecule has 22 heavy (non-hydrogen) atoms. The van der Waals surface area contributed by atoms with E-state index in [4.69, 9.17) is 10.5 Å². The van der Waals surface area contributed by atoms with Gasteiger partial charge in [-0.05, 0) is 31.0 Å². The molecule has 0 bridgehead atoms. The van der Waals surface area contributed by atoms with E-state index in [1.165, 1.54) is 11.3 Å². The monoisotopic (exact) mass is 343 g/mol. The Bertz CT molecular complexity index is 632. The molecule has 1 amide bonds. The molecule has 7 heteroatoms. The number of halogens is 1. The minimum atomic E-state index is -0.518. The van der Waals surface area contributed by atoms with Crippen LogP contribution in [0, 0.1) is 5.41 Å². The van der Waals surface area contributed by atoms with Crippen molar-refractivity contribution in [2.45, 2.75) is 26.7 Å². The maximum absolute atomic E-state index is 12.5. The molecule has 0 fully saturated rings. The number of nitrogens with one attached hydrogen (secondary N) is 1. The molecule has 0 aliphatic rings. The van der Waals surface area contributed by atoms with Crippen LogP contribution in [0.5, 0.6) is 5.75 Å². The van der Waals surface area contributed by atoms with Gasteiger partial charge >= 0.3 is 0 Å². The summed E-state index contributed by atoms with van der Waals surface area (Å²) in [6.07, 6.45) is 1.43. The Morgan fingerprint density at radius 2 is 2.09 bits per heavy atom. The maximum atomic E-state index is 12.5. The van der Waals surface area contributed by atoms with E-state index >= 15 is 0 Å². The second kappa shape index (κ2) is 7.76. The van der Waals surface area contributed by atoms with Crippen LogP contribution in [0.25, 0.3) is 10.2 Å². The minimum absolute atomic E-state index is 0. The molecule has 0 atom stereocenters. The number of nitrogens with two attached hydrogens (primary N) is 1. The van der Waals surface area contributed by atoms with Gasteiger partial charge in [0.2, 0.25) is 5.91 Å². The molecule has 1 heterocycles. The Hall–Kier alpha value is -1.37.